The van der Waals surface area contributed by atoms with E-state index < -0.39 is 0 Å². The molecule has 1 heterocycles. The molecular weight excluding hydrogens is 498 g/mol. The van der Waals surface area contributed by atoms with E-state index in [1.807, 2.05) is 24.4 Å². The van der Waals surface area contributed by atoms with Gasteiger partial charge in [0.15, 0.2) is 5.76 Å². The van der Waals surface area contributed by atoms with Gasteiger partial charge in [-0.2, -0.15) is 0 Å². The van der Waals surface area contributed by atoms with Crippen LogP contribution < -0.4 is 0 Å². The maximum Gasteiger partial charge on any atom is 0.227 e. The molecule has 0 N–H and O–H groups in total. The third-order valence-corrected chi connectivity index (χ3v) is 8.30. The predicted octanol–water partition coefficient (Wildman–Crippen LogP) is 10.9. The molecule has 8 aromatic rings. The summed E-state index contributed by atoms with van der Waals surface area (Å²) in [6, 6.07) is 43.6. The van der Waals surface area contributed by atoms with Crippen LogP contribution in [0.15, 0.2) is 132 Å². The summed E-state index contributed by atoms with van der Waals surface area (Å²) in [5.74, 6) is 1.40. The molecule has 0 atom stereocenters. The van der Waals surface area contributed by atoms with Crippen molar-refractivity contribution in [2.24, 2.45) is 0 Å². The molecule has 41 heavy (non-hydrogen) atoms. The summed E-state index contributed by atoms with van der Waals surface area (Å²) in [4.78, 5) is 4.80. The Bertz CT molecular complexity index is 2190. The Morgan fingerprint density at radius 3 is 1.78 bits per heavy atom. The van der Waals surface area contributed by atoms with Gasteiger partial charge in [0.2, 0.25) is 5.89 Å². The molecule has 1 aromatic heterocycles. The maximum absolute atomic E-state index is 6.45. The van der Waals surface area contributed by atoms with Crippen LogP contribution in [0, 0.1) is 13.8 Å². The SMILES string of the molecule is Cc1ccc(-c2ccc3ccc4c(-c5ccc(C)cc5)cc(-c5ncc(-c6ccccc6)o5)c5ccc2c3c45)cc1. The molecular formula is C39H27NO. The molecule has 8 rings (SSSR count). The maximum atomic E-state index is 6.45. The lowest BCUT2D eigenvalue weighted by molar-refractivity contribution is 0.589. The fraction of sp³-hybridized carbons (Fsp3) is 0.0513. The highest BCUT2D eigenvalue weighted by Crippen LogP contribution is 2.46. The highest BCUT2D eigenvalue weighted by molar-refractivity contribution is 6.29. The van der Waals surface area contributed by atoms with Gasteiger partial charge in [0, 0.05) is 11.1 Å². The third kappa shape index (κ3) is 3.83. The highest BCUT2D eigenvalue weighted by atomic mass is 16.4. The van der Waals surface area contributed by atoms with E-state index in [2.05, 4.69) is 117 Å². The molecule has 0 saturated heterocycles. The van der Waals surface area contributed by atoms with Crippen molar-refractivity contribution in [3.05, 3.63) is 139 Å². The van der Waals surface area contributed by atoms with Crippen LogP contribution in [0.5, 0.6) is 0 Å². The van der Waals surface area contributed by atoms with Crippen LogP contribution in [-0.4, -0.2) is 4.98 Å². The molecule has 2 nitrogen and oxygen atoms in total. The van der Waals surface area contributed by atoms with Gasteiger partial charge in [0.05, 0.1) is 6.20 Å². The Balaban J connectivity index is 1.46. The van der Waals surface area contributed by atoms with Crippen molar-refractivity contribution in [2.45, 2.75) is 13.8 Å². The van der Waals surface area contributed by atoms with Gasteiger partial charge in [-0.1, -0.05) is 126 Å². The molecule has 0 saturated carbocycles. The topological polar surface area (TPSA) is 26.0 Å². The summed E-state index contributed by atoms with van der Waals surface area (Å²) in [5, 5.41) is 7.41. The number of nitrogens with zero attached hydrogens (tertiary/aromatic N) is 1. The summed E-state index contributed by atoms with van der Waals surface area (Å²) in [6.45, 7) is 4.26. The van der Waals surface area contributed by atoms with E-state index in [1.165, 1.54) is 60.3 Å². The lowest BCUT2D eigenvalue weighted by Crippen LogP contribution is -1.92. The second-order valence-electron chi connectivity index (χ2n) is 11.0. The van der Waals surface area contributed by atoms with Crippen LogP contribution in [0.1, 0.15) is 11.1 Å². The smallest absolute Gasteiger partial charge is 0.227 e. The third-order valence-electron chi connectivity index (χ3n) is 8.30. The standard InChI is InChI=1S/C39H27NO/c1-24-8-12-26(13-9-24)30-18-16-29-17-19-32-34(27-14-10-25(2)11-15-27)22-35(33-21-20-31(30)37(29)38(32)33)39-40-23-36(41-39)28-6-4-3-5-7-28/h3-23H,1-2H3. The number of hydrogen-bond donors (Lipinski definition) is 0. The van der Waals surface area contributed by atoms with E-state index in [0.29, 0.717) is 5.89 Å². The van der Waals surface area contributed by atoms with Crippen molar-refractivity contribution >= 4 is 32.3 Å². The minimum Gasteiger partial charge on any atom is -0.436 e. The summed E-state index contributed by atoms with van der Waals surface area (Å²) in [6.07, 6.45) is 1.84. The Labute approximate surface area is 238 Å². The van der Waals surface area contributed by atoms with Gasteiger partial charge in [0.25, 0.3) is 0 Å². The average Bonchev–Trinajstić information content (AvgIpc) is 3.51. The number of aromatic nitrogens is 1. The Morgan fingerprint density at radius 2 is 1.07 bits per heavy atom. The van der Waals surface area contributed by atoms with Gasteiger partial charge in [-0.15, -0.1) is 0 Å². The predicted molar refractivity (Wildman–Crippen MR) is 171 cm³/mol. The molecule has 0 fully saturated rings. The molecule has 0 spiro atoms. The van der Waals surface area contributed by atoms with Crippen molar-refractivity contribution in [1.82, 2.24) is 4.98 Å². The Morgan fingerprint density at radius 1 is 0.488 bits per heavy atom. The molecule has 2 heteroatoms. The zero-order valence-corrected chi connectivity index (χ0v) is 23.0. The summed E-state index contributed by atoms with van der Waals surface area (Å²) < 4.78 is 6.45. The van der Waals surface area contributed by atoms with E-state index in [1.54, 1.807) is 0 Å². The molecule has 7 aromatic carbocycles. The Hall–Kier alpha value is -5.21. The quantitative estimate of drug-likeness (QED) is 0.214. The van der Waals surface area contributed by atoms with E-state index in [-0.39, 0.29) is 0 Å². The first kappa shape index (κ1) is 23.7. The van der Waals surface area contributed by atoms with Gasteiger partial charge in [0.1, 0.15) is 0 Å². The van der Waals surface area contributed by atoms with Crippen LogP contribution in [0.2, 0.25) is 0 Å². The molecule has 0 radical (unpaired) electrons. The van der Waals surface area contributed by atoms with Gasteiger partial charge in [-0.3, -0.25) is 0 Å². The van der Waals surface area contributed by atoms with E-state index in [9.17, 15) is 0 Å². The normalized spacial score (nSPS) is 11.7. The van der Waals surface area contributed by atoms with E-state index in [0.717, 1.165) is 22.3 Å². The molecule has 0 unspecified atom stereocenters. The average molecular weight is 526 g/mol. The first-order valence-electron chi connectivity index (χ1n) is 14.0. The van der Waals surface area contributed by atoms with Crippen molar-refractivity contribution in [3.8, 4) is 45.0 Å². The summed E-state index contributed by atoms with van der Waals surface area (Å²) in [7, 11) is 0. The van der Waals surface area contributed by atoms with Crippen LogP contribution in [0.4, 0.5) is 0 Å². The number of benzene rings is 7. The van der Waals surface area contributed by atoms with Crippen LogP contribution in [0.3, 0.4) is 0 Å². The second kappa shape index (κ2) is 9.18. The minimum atomic E-state index is 0.633. The molecule has 0 amide bonds. The van der Waals surface area contributed by atoms with Gasteiger partial charge < -0.3 is 4.42 Å². The van der Waals surface area contributed by atoms with Gasteiger partial charge >= 0.3 is 0 Å². The van der Waals surface area contributed by atoms with Crippen molar-refractivity contribution < 1.29 is 4.42 Å². The zero-order chi connectivity index (χ0) is 27.5. The molecule has 0 bridgehead atoms. The fourth-order valence-electron chi connectivity index (χ4n) is 6.17. The van der Waals surface area contributed by atoms with Crippen molar-refractivity contribution in [3.63, 3.8) is 0 Å². The van der Waals surface area contributed by atoms with Crippen molar-refractivity contribution in [1.29, 1.82) is 0 Å². The van der Waals surface area contributed by atoms with Gasteiger partial charge in [-0.25, -0.2) is 4.98 Å². The first-order valence-corrected chi connectivity index (χ1v) is 14.0. The number of rotatable bonds is 4. The molecule has 0 aliphatic heterocycles. The summed E-state index contributed by atoms with van der Waals surface area (Å²) >= 11 is 0. The van der Waals surface area contributed by atoms with Crippen molar-refractivity contribution in [2.75, 3.05) is 0 Å². The second-order valence-corrected chi connectivity index (χ2v) is 11.0. The highest BCUT2D eigenvalue weighted by Gasteiger charge is 2.20. The molecule has 194 valence electrons. The van der Waals surface area contributed by atoms with E-state index >= 15 is 0 Å². The van der Waals surface area contributed by atoms with Crippen LogP contribution in [-0.2, 0) is 0 Å². The fourth-order valence-corrected chi connectivity index (χ4v) is 6.17. The monoisotopic (exact) mass is 525 g/mol. The number of aryl methyl sites for hydroxylation is 2. The van der Waals surface area contributed by atoms with Crippen LogP contribution in [0.25, 0.3) is 77.3 Å². The molecule has 0 aliphatic rings. The van der Waals surface area contributed by atoms with E-state index in [4.69, 9.17) is 9.40 Å². The van der Waals surface area contributed by atoms with Crippen LogP contribution >= 0.6 is 0 Å². The largest absolute Gasteiger partial charge is 0.436 e. The van der Waals surface area contributed by atoms with Gasteiger partial charge in [-0.05, 0) is 74.5 Å². The number of oxazole rings is 1. The minimum absolute atomic E-state index is 0.633. The Kier molecular flexibility index (Phi) is 5.30. The summed E-state index contributed by atoms with van der Waals surface area (Å²) in [5.41, 5.74) is 9.38. The zero-order valence-electron chi connectivity index (χ0n) is 23.0. The molecule has 0 aliphatic carbocycles. The number of hydrogen-bond acceptors (Lipinski definition) is 2. The first-order chi connectivity index (χ1) is 20.1. The lowest BCUT2D eigenvalue weighted by Gasteiger charge is -2.18. The lowest BCUT2D eigenvalue weighted by atomic mass is 9.85.